The molecule has 3 aromatic rings. The number of amides is 2. The number of carbonyl (C=O) groups is 2. The quantitative estimate of drug-likeness (QED) is 0.557. The van der Waals surface area contributed by atoms with Crippen LogP contribution in [0.25, 0.3) is 5.65 Å². The summed E-state index contributed by atoms with van der Waals surface area (Å²) in [5, 5.41) is 10.6. The molecule has 2 amide bonds. The van der Waals surface area contributed by atoms with Crippen molar-refractivity contribution >= 4 is 40.6 Å². The van der Waals surface area contributed by atoms with Crippen molar-refractivity contribution in [2.75, 3.05) is 23.3 Å². The third kappa shape index (κ3) is 5.41. The molecule has 180 valence electrons. The average Bonchev–Trinajstić information content (AvgIpc) is 3.40. The zero-order valence-corrected chi connectivity index (χ0v) is 20.5. The van der Waals surface area contributed by atoms with Crippen LogP contribution in [0.4, 0.5) is 16.2 Å². The van der Waals surface area contributed by atoms with Crippen LogP contribution in [0.2, 0.25) is 5.02 Å². The third-order valence-electron chi connectivity index (χ3n) is 5.75. The summed E-state index contributed by atoms with van der Waals surface area (Å²) in [6.45, 7) is 9.02. The van der Waals surface area contributed by atoms with Crippen molar-refractivity contribution < 1.29 is 14.3 Å². The van der Waals surface area contributed by atoms with Gasteiger partial charge in [-0.3, -0.25) is 4.79 Å². The molecule has 2 N–H and O–H groups in total. The number of aromatic nitrogens is 3. The summed E-state index contributed by atoms with van der Waals surface area (Å²) in [5.74, 6) is -0.0801. The summed E-state index contributed by atoms with van der Waals surface area (Å²) in [4.78, 5) is 31.7. The molecule has 1 aliphatic heterocycles. The molecule has 1 aromatic carbocycles. The van der Waals surface area contributed by atoms with Crippen molar-refractivity contribution in [1.29, 1.82) is 0 Å². The van der Waals surface area contributed by atoms with Crippen LogP contribution in [0.15, 0.2) is 42.9 Å². The predicted molar refractivity (Wildman–Crippen MR) is 132 cm³/mol. The number of hydrogen-bond donors (Lipinski definition) is 2. The first-order chi connectivity index (χ1) is 16.1. The van der Waals surface area contributed by atoms with E-state index >= 15 is 0 Å². The summed E-state index contributed by atoms with van der Waals surface area (Å²) in [6.07, 6.45) is 5.33. The number of fused-ring (bicyclic) bond motifs is 1. The fourth-order valence-electron chi connectivity index (χ4n) is 4.09. The van der Waals surface area contributed by atoms with Crippen LogP contribution in [0, 0.1) is 5.92 Å². The van der Waals surface area contributed by atoms with Gasteiger partial charge in [-0.15, -0.1) is 0 Å². The Morgan fingerprint density at radius 1 is 1.29 bits per heavy atom. The molecule has 1 fully saturated rings. The number of ether oxygens (including phenoxy) is 1. The molecule has 4 rings (SSSR count). The summed E-state index contributed by atoms with van der Waals surface area (Å²) in [7, 11) is 0. The van der Waals surface area contributed by atoms with Crippen LogP contribution in [-0.2, 0) is 4.74 Å². The Kier molecular flexibility index (Phi) is 6.65. The Morgan fingerprint density at radius 2 is 2.09 bits per heavy atom. The minimum atomic E-state index is -0.543. The number of carbonyl (C=O) groups excluding carboxylic acids is 2. The van der Waals surface area contributed by atoms with Crippen LogP contribution in [-0.4, -0.2) is 51.3 Å². The van der Waals surface area contributed by atoms with Gasteiger partial charge in [0.15, 0.2) is 5.65 Å². The molecule has 9 nitrogen and oxygen atoms in total. The van der Waals surface area contributed by atoms with Gasteiger partial charge in [0.05, 0.1) is 17.6 Å². The van der Waals surface area contributed by atoms with Gasteiger partial charge in [-0.25, -0.2) is 14.3 Å². The first kappa shape index (κ1) is 23.8. The first-order valence-corrected chi connectivity index (χ1v) is 11.6. The van der Waals surface area contributed by atoms with Crippen molar-refractivity contribution in [3.8, 4) is 0 Å². The van der Waals surface area contributed by atoms with Gasteiger partial charge < -0.3 is 20.3 Å². The normalized spacial score (nSPS) is 17.0. The number of nitrogens with one attached hydrogen (secondary N) is 2. The van der Waals surface area contributed by atoms with E-state index in [1.165, 1.54) is 6.20 Å². The lowest BCUT2D eigenvalue weighted by Gasteiger charge is -2.26. The lowest BCUT2D eigenvalue weighted by atomic mass is 10.0. The van der Waals surface area contributed by atoms with E-state index in [0.29, 0.717) is 21.9 Å². The number of nitrogens with zero attached hydrogens (tertiary/aromatic N) is 4. The van der Waals surface area contributed by atoms with E-state index in [9.17, 15) is 9.59 Å². The Balaban J connectivity index is 1.47. The van der Waals surface area contributed by atoms with Crippen molar-refractivity contribution in [1.82, 2.24) is 19.9 Å². The Bertz CT molecular complexity index is 1200. The number of hydrogen-bond acceptors (Lipinski definition) is 6. The molecule has 0 bridgehead atoms. The standard InChI is InChI=1S/C24H29ClN6O3/c1-15(28-23(33)34-24(2,3)4)16-8-11-30(14-16)20-7-6-17(25)12-19(20)29-22(32)18-13-27-31-10-5-9-26-21(18)31/h5-7,9-10,12-13,15-16H,8,11,14H2,1-4H3,(H,28,33)(H,29,32). The summed E-state index contributed by atoms with van der Waals surface area (Å²) >= 11 is 6.26. The van der Waals surface area contributed by atoms with Gasteiger partial charge in [-0.2, -0.15) is 5.10 Å². The molecule has 3 heterocycles. The van der Waals surface area contributed by atoms with E-state index in [4.69, 9.17) is 16.3 Å². The van der Waals surface area contributed by atoms with E-state index in [2.05, 4.69) is 25.6 Å². The molecule has 34 heavy (non-hydrogen) atoms. The highest BCUT2D eigenvalue weighted by Gasteiger charge is 2.30. The third-order valence-corrected chi connectivity index (χ3v) is 5.98. The summed E-state index contributed by atoms with van der Waals surface area (Å²) in [6, 6.07) is 7.14. The molecule has 1 saturated heterocycles. The molecule has 2 aromatic heterocycles. The minimum absolute atomic E-state index is 0.0601. The van der Waals surface area contributed by atoms with Gasteiger partial charge in [0.1, 0.15) is 11.2 Å². The molecule has 10 heteroatoms. The zero-order chi connectivity index (χ0) is 24.5. The highest BCUT2D eigenvalue weighted by atomic mass is 35.5. The Morgan fingerprint density at radius 3 is 2.85 bits per heavy atom. The molecule has 0 spiro atoms. The molecule has 0 saturated carbocycles. The fourth-order valence-corrected chi connectivity index (χ4v) is 4.26. The minimum Gasteiger partial charge on any atom is -0.444 e. The van der Waals surface area contributed by atoms with Crippen molar-refractivity contribution in [3.05, 3.63) is 53.4 Å². The van der Waals surface area contributed by atoms with E-state index in [0.717, 1.165) is 25.2 Å². The Hall–Kier alpha value is -3.33. The van der Waals surface area contributed by atoms with Crippen LogP contribution in [0.1, 0.15) is 44.5 Å². The molecular weight excluding hydrogens is 456 g/mol. The molecule has 2 atom stereocenters. The van der Waals surface area contributed by atoms with Crippen LogP contribution < -0.4 is 15.5 Å². The van der Waals surface area contributed by atoms with Crippen LogP contribution in [0.5, 0.6) is 0 Å². The van der Waals surface area contributed by atoms with E-state index in [1.54, 1.807) is 35.1 Å². The largest absolute Gasteiger partial charge is 0.444 e. The maximum Gasteiger partial charge on any atom is 0.407 e. The lowest BCUT2D eigenvalue weighted by Crippen LogP contribution is -2.42. The fraction of sp³-hybridized carbons (Fsp3) is 0.417. The smallest absolute Gasteiger partial charge is 0.407 e. The number of benzene rings is 1. The van der Waals surface area contributed by atoms with Gasteiger partial charge in [0.25, 0.3) is 5.91 Å². The molecule has 0 radical (unpaired) electrons. The van der Waals surface area contributed by atoms with Crippen molar-refractivity contribution in [3.63, 3.8) is 0 Å². The number of halogens is 1. The number of rotatable bonds is 5. The molecule has 1 aliphatic rings. The topological polar surface area (TPSA) is 101 Å². The second kappa shape index (κ2) is 9.50. The summed E-state index contributed by atoms with van der Waals surface area (Å²) in [5.41, 5.74) is 1.79. The second-order valence-electron chi connectivity index (χ2n) is 9.49. The summed E-state index contributed by atoms with van der Waals surface area (Å²) < 4.78 is 6.94. The molecular formula is C24H29ClN6O3. The van der Waals surface area contributed by atoms with Crippen LogP contribution in [0.3, 0.4) is 0 Å². The number of anilines is 2. The lowest BCUT2D eigenvalue weighted by molar-refractivity contribution is 0.0494. The van der Waals surface area contributed by atoms with Gasteiger partial charge in [-0.1, -0.05) is 11.6 Å². The highest BCUT2D eigenvalue weighted by Crippen LogP contribution is 2.34. The van der Waals surface area contributed by atoms with E-state index in [-0.39, 0.29) is 17.9 Å². The zero-order valence-electron chi connectivity index (χ0n) is 19.7. The molecule has 0 aliphatic carbocycles. The molecule has 2 unspecified atom stereocenters. The first-order valence-electron chi connectivity index (χ1n) is 11.2. The number of alkyl carbamates (subject to hydrolysis) is 1. The maximum atomic E-state index is 13.0. The Labute approximate surface area is 203 Å². The van der Waals surface area contributed by atoms with Gasteiger partial charge >= 0.3 is 6.09 Å². The van der Waals surface area contributed by atoms with Gasteiger partial charge in [-0.05, 0) is 64.3 Å². The average molecular weight is 485 g/mol. The second-order valence-corrected chi connectivity index (χ2v) is 9.93. The maximum absolute atomic E-state index is 13.0. The monoisotopic (exact) mass is 484 g/mol. The van der Waals surface area contributed by atoms with Gasteiger partial charge in [0, 0.05) is 36.5 Å². The van der Waals surface area contributed by atoms with Crippen molar-refractivity contribution in [2.45, 2.75) is 45.8 Å². The van der Waals surface area contributed by atoms with E-state index in [1.807, 2.05) is 33.8 Å². The predicted octanol–water partition coefficient (Wildman–Crippen LogP) is 4.37. The highest BCUT2D eigenvalue weighted by molar-refractivity contribution is 6.31. The van der Waals surface area contributed by atoms with Crippen LogP contribution >= 0.6 is 11.6 Å². The SMILES string of the molecule is CC(NC(=O)OC(C)(C)C)C1CCN(c2ccc(Cl)cc2NC(=O)c2cnn3cccnc23)C1. The van der Waals surface area contributed by atoms with Gasteiger partial charge in [0.2, 0.25) is 0 Å². The van der Waals surface area contributed by atoms with Crippen molar-refractivity contribution in [2.24, 2.45) is 5.92 Å². The van der Waals surface area contributed by atoms with E-state index < -0.39 is 11.7 Å².